The first-order valence-electron chi connectivity index (χ1n) is 4.83. The van der Waals surface area contributed by atoms with Crippen LogP contribution in [0.2, 0.25) is 0 Å². The van der Waals surface area contributed by atoms with Crippen LogP contribution in [0.3, 0.4) is 0 Å². The largest absolute Gasteiger partial charge is 0.350 e. The average Bonchev–Trinajstić information content (AvgIpc) is 2.44. The monoisotopic (exact) mass is 227 g/mol. The minimum absolute atomic E-state index is 0.0560. The van der Waals surface area contributed by atoms with E-state index >= 15 is 0 Å². The fourth-order valence-corrected chi connectivity index (χ4v) is 2.07. The number of rotatable bonds is 3. The van der Waals surface area contributed by atoms with E-state index in [0.29, 0.717) is 0 Å². The number of thiazole rings is 1. The molecule has 1 unspecified atom stereocenters. The third-order valence-corrected chi connectivity index (χ3v) is 3.18. The minimum atomic E-state index is -0.232. The molecular weight excluding hydrogens is 210 g/mol. The van der Waals surface area contributed by atoms with Crippen molar-refractivity contribution < 1.29 is 4.79 Å². The summed E-state index contributed by atoms with van der Waals surface area (Å²) in [5, 5.41) is 3.91. The highest BCUT2D eigenvalue weighted by Crippen LogP contribution is 2.21. The van der Waals surface area contributed by atoms with E-state index in [-0.39, 0.29) is 11.9 Å². The molecule has 0 spiro atoms. The van der Waals surface area contributed by atoms with Crippen molar-refractivity contribution in [1.82, 2.24) is 9.88 Å². The maximum Gasteiger partial charge on any atom is 0.244 e. The first-order chi connectivity index (χ1) is 6.91. The number of carbonyl (C=O) groups is 1. The van der Waals surface area contributed by atoms with Gasteiger partial charge in [0.05, 0.1) is 5.69 Å². The summed E-state index contributed by atoms with van der Waals surface area (Å²) in [6.45, 7) is 5.83. The zero-order valence-corrected chi connectivity index (χ0v) is 10.6. The van der Waals surface area contributed by atoms with Crippen LogP contribution in [0, 0.1) is 13.8 Å². The van der Waals surface area contributed by atoms with E-state index < -0.39 is 0 Å². The van der Waals surface area contributed by atoms with Crippen molar-refractivity contribution in [2.24, 2.45) is 0 Å². The molecule has 4 nitrogen and oxygen atoms in total. The molecule has 1 heterocycles. The number of aryl methyl sites for hydroxylation is 2. The fourth-order valence-electron chi connectivity index (χ4n) is 1.17. The van der Waals surface area contributed by atoms with Gasteiger partial charge >= 0.3 is 0 Å². The molecule has 1 aromatic heterocycles. The third-order valence-electron chi connectivity index (χ3n) is 2.18. The molecule has 84 valence electrons. The molecular formula is C10H17N3OS. The van der Waals surface area contributed by atoms with Crippen LogP contribution in [0.1, 0.15) is 17.5 Å². The fraction of sp³-hybridized carbons (Fsp3) is 0.600. The molecule has 0 aliphatic carbocycles. The van der Waals surface area contributed by atoms with Gasteiger partial charge in [-0.1, -0.05) is 0 Å². The zero-order valence-electron chi connectivity index (χ0n) is 9.79. The quantitative estimate of drug-likeness (QED) is 0.854. The molecule has 0 radical (unpaired) electrons. The molecule has 0 saturated carbocycles. The number of nitrogens with one attached hydrogen (secondary N) is 1. The van der Waals surface area contributed by atoms with E-state index in [1.54, 1.807) is 30.3 Å². The van der Waals surface area contributed by atoms with Crippen LogP contribution in [0.15, 0.2) is 0 Å². The predicted molar refractivity (Wildman–Crippen MR) is 63.4 cm³/mol. The Kier molecular flexibility index (Phi) is 3.68. The van der Waals surface area contributed by atoms with E-state index in [1.165, 1.54) is 4.88 Å². The van der Waals surface area contributed by atoms with Gasteiger partial charge in [-0.25, -0.2) is 4.98 Å². The van der Waals surface area contributed by atoms with Crippen LogP contribution in [0.5, 0.6) is 0 Å². The lowest BCUT2D eigenvalue weighted by Crippen LogP contribution is -2.36. The van der Waals surface area contributed by atoms with E-state index in [2.05, 4.69) is 10.3 Å². The highest BCUT2D eigenvalue weighted by Gasteiger charge is 2.16. The molecule has 0 aliphatic rings. The first kappa shape index (κ1) is 12.0. The summed E-state index contributed by atoms with van der Waals surface area (Å²) in [6, 6.07) is -0.232. The second-order valence-corrected chi connectivity index (χ2v) is 4.96. The normalized spacial score (nSPS) is 12.3. The van der Waals surface area contributed by atoms with Gasteiger partial charge in [0, 0.05) is 19.0 Å². The second kappa shape index (κ2) is 4.61. The van der Waals surface area contributed by atoms with E-state index in [4.69, 9.17) is 0 Å². The van der Waals surface area contributed by atoms with Gasteiger partial charge in [-0.05, 0) is 20.8 Å². The smallest absolute Gasteiger partial charge is 0.244 e. The number of nitrogens with zero attached hydrogens (tertiary/aromatic N) is 2. The van der Waals surface area contributed by atoms with Gasteiger partial charge in [0.1, 0.15) is 6.04 Å². The highest BCUT2D eigenvalue weighted by molar-refractivity contribution is 7.15. The Morgan fingerprint density at radius 2 is 2.07 bits per heavy atom. The van der Waals surface area contributed by atoms with Gasteiger partial charge < -0.3 is 10.2 Å². The van der Waals surface area contributed by atoms with Gasteiger partial charge in [-0.2, -0.15) is 0 Å². The van der Waals surface area contributed by atoms with Crippen molar-refractivity contribution >= 4 is 22.4 Å². The summed E-state index contributed by atoms with van der Waals surface area (Å²) in [5.74, 6) is 0.0560. The molecule has 0 fully saturated rings. The van der Waals surface area contributed by atoms with Crippen LogP contribution < -0.4 is 5.32 Å². The Morgan fingerprint density at radius 1 is 1.47 bits per heavy atom. The minimum Gasteiger partial charge on any atom is -0.350 e. The van der Waals surface area contributed by atoms with Crippen LogP contribution in [0.4, 0.5) is 5.13 Å². The SMILES string of the molecule is Cc1nc(NC(C)C(=O)N(C)C)sc1C. The Hall–Kier alpha value is -1.10. The van der Waals surface area contributed by atoms with Gasteiger partial charge in [0.25, 0.3) is 0 Å². The highest BCUT2D eigenvalue weighted by atomic mass is 32.1. The van der Waals surface area contributed by atoms with Gasteiger partial charge in [-0.15, -0.1) is 11.3 Å². The molecule has 0 aromatic carbocycles. The maximum atomic E-state index is 11.6. The maximum absolute atomic E-state index is 11.6. The molecule has 5 heteroatoms. The van der Waals surface area contributed by atoms with E-state index in [0.717, 1.165) is 10.8 Å². The van der Waals surface area contributed by atoms with E-state index in [9.17, 15) is 4.79 Å². The molecule has 1 amide bonds. The second-order valence-electron chi connectivity index (χ2n) is 3.76. The summed E-state index contributed by atoms with van der Waals surface area (Å²) < 4.78 is 0. The van der Waals surface area contributed by atoms with Gasteiger partial charge in [-0.3, -0.25) is 4.79 Å². The summed E-state index contributed by atoms with van der Waals surface area (Å²) in [7, 11) is 3.50. The molecule has 1 N–H and O–H groups in total. The lowest BCUT2D eigenvalue weighted by molar-refractivity contribution is -0.129. The number of aromatic nitrogens is 1. The number of carbonyl (C=O) groups excluding carboxylic acids is 1. The summed E-state index contributed by atoms with van der Waals surface area (Å²) in [6.07, 6.45) is 0. The van der Waals surface area contributed by atoms with Crippen molar-refractivity contribution in [3.8, 4) is 0 Å². The van der Waals surface area contributed by atoms with Crippen LogP contribution in [0.25, 0.3) is 0 Å². The Morgan fingerprint density at radius 3 is 2.47 bits per heavy atom. The molecule has 1 atom stereocenters. The molecule has 0 aliphatic heterocycles. The Balaban J connectivity index is 2.66. The van der Waals surface area contributed by atoms with Crippen LogP contribution in [-0.4, -0.2) is 35.9 Å². The zero-order chi connectivity index (χ0) is 11.6. The summed E-state index contributed by atoms with van der Waals surface area (Å²) in [4.78, 5) is 18.7. The number of likely N-dealkylation sites (N-methyl/N-ethyl adjacent to an activating group) is 1. The Labute approximate surface area is 94.3 Å². The molecule has 15 heavy (non-hydrogen) atoms. The van der Waals surface area contributed by atoms with Crippen molar-refractivity contribution in [1.29, 1.82) is 0 Å². The van der Waals surface area contributed by atoms with Crippen molar-refractivity contribution in [2.75, 3.05) is 19.4 Å². The van der Waals surface area contributed by atoms with Crippen molar-refractivity contribution in [3.63, 3.8) is 0 Å². The predicted octanol–water partition coefficient (Wildman–Crippen LogP) is 1.65. The third kappa shape index (κ3) is 2.92. The Bertz CT molecular complexity index is 340. The molecule has 0 saturated heterocycles. The summed E-state index contributed by atoms with van der Waals surface area (Å²) >= 11 is 1.58. The van der Waals surface area contributed by atoms with Crippen molar-refractivity contribution in [3.05, 3.63) is 10.6 Å². The topological polar surface area (TPSA) is 45.2 Å². The van der Waals surface area contributed by atoms with Crippen LogP contribution in [-0.2, 0) is 4.79 Å². The molecule has 1 rings (SSSR count). The molecule has 0 bridgehead atoms. The number of hydrogen-bond acceptors (Lipinski definition) is 4. The van der Waals surface area contributed by atoms with E-state index in [1.807, 2.05) is 20.8 Å². The standard InChI is InChI=1S/C10H17N3OS/c1-6-8(3)15-10(11-6)12-7(2)9(14)13(4)5/h7H,1-5H3,(H,11,12). The lowest BCUT2D eigenvalue weighted by Gasteiger charge is -2.17. The van der Waals surface area contributed by atoms with Crippen LogP contribution >= 0.6 is 11.3 Å². The van der Waals surface area contributed by atoms with Gasteiger partial charge in [0.2, 0.25) is 5.91 Å². The van der Waals surface area contributed by atoms with Gasteiger partial charge in [0.15, 0.2) is 5.13 Å². The first-order valence-corrected chi connectivity index (χ1v) is 5.65. The van der Waals surface area contributed by atoms with Crippen molar-refractivity contribution in [2.45, 2.75) is 26.8 Å². The number of hydrogen-bond donors (Lipinski definition) is 1. The number of amides is 1. The number of anilines is 1. The lowest BCUT2D eigenvalue weighted by atomic mass is 10.3. The summed E-state index contributed by atoms with van der Waals surface area (Å²) in [5.41, 5.74) is 1.02. The average molecular weight is 227 g/mol. The molecule has 1 aromatic rings.